The van der Waals surface area contributed by atoms with Gasteiger partial charge in [0, 0.05) is 6.54 Å². The van der Waals surface area contributed by atoms with Gasteiger partial charge in [0.15, 0.2) is 0 Å². The second kappa shape index (κ2) is 6.08. The van der Waals surface area contributed by atoms with Gasteiger partial charge < -0.3 is 5.73 Å². The Kier molecular flexibility index (Phi) is 5.30. The maximum absolute atomic E-state index is 11.8. The molecule has 0 radical (unpaired) electrons. The largest absolute Gasteiger partial charge is 0.392 e. The monoisotopic (exact) mass is 279 g/mol. The summed E-state index contributed by atoms with van der Waals surface area (Å²) in [6.07, 6.45) is 5.48. The molecule has 1 aliphatic carbocycles. The highest BCUT2D eigenvalue weighted by Crippen LogP contribution is 2.28. The van der Waals surface area contributed by atoms with Crippen molar-refractivity contribution in [3.63, 3.8) is 0 Å². The van der Waals surface area contributed by atoms with Crippen LogP contribution in [0, 0.1) is 0 Å². The van der Waals surface area contributed by atoms with Crippen LogP contribution in [-0.4, -0.2) is 25.5 Å². The quantitative estimate of drug-likeness (QED) is 0.513. The van der Waals surface area contributed by atoms with Gasteiger partial charge in [-0.25, -0.2) is 4.72 Å². The lowest BCUT2D eigenvalue weighted by Gasteiger charge is -2.32. The zero-order chi connectivity index (χ0) is 12.9. The van der Waals surface area contributed by atoms with E-state index in [1.54, 1.807) is 6.92 Å². The molecule has 0 aromatic carbocycles. The molecule has 4 N–H and O–H groups in total. The Hall–Kier alpha value is -0.240. The summed E-state index contributed by atoms with van der Waals surface area (Å²) in [6.45, 7) is 2.09. The summed E-state index contributed by atoms with van der Waals surface area (Å²) < 4.78 is 28.6. The number of nitrogens with two attached hydrogens (primary N) is 1. The number of nitrogens with one attached hydrogen (secondary N) is 2. The summed E-state index contributed by atoms with van der Waals surface area (Å²) in [5.41, 5.74) is 5.01. The molecule has 17 heavy (non-hydrogen) atoms. The fourth-order valence-electron chi connectivity index (χ4n) is 2.21. The summed E-state index contributed by atoms with van der Waals surface area (Å²) in [6, 6.07) is 0. The SMILES string of the molecule is CCNS(=O)(=O)NC1(C(N)=S)CCCCCC1. The third-order valence-corrected chi connectivity index (χ3v) is 4.81. The summed E-state index contributed by atoms with van der Waals surface area (Å²) in [5.74, 6) is 0. The third-order valence-electron chi connectivity index (χ3n) is 3.09. The molecular weight excluding hydrogens is 258 g/mol. The minimum Gasteiger partial charge on any atom is -0.392 e. The Labute approximate surface area is 109 Å². The maximum atomic E-state index is 11.8. The molecule has 0 spiro atoms. The molecule has 0 amide bonds. The van der Waals surface area contributed by atoms with Crippen molar-refractivity contribution in [1.82, 2.24) is 9.44 Å². The van der Waals surface area contributed by atoms with Crippen molar-refractivity contribution in [1.29, 1.82) is 0 Å². The van der Waals surface area contributed by atoms with Crippen LogP contribution in [0.2, 0.25) is 0 Å². The lowest BCUT2D eigenvalue weighted by molar-refractivity contribution is 0.437. The molecule has 0 aromatic heterocycles. The van der Waals surface area contributed by atoms with E-state index < -0.39 is 15.7 Å². The standard InChI is InChI=1S/C10H21N3O2S2/c1-2-12-17(14,15)13-10(9(11)16)7-5-3-4-6-8-10/h12-13H,2-8H2,1H3,(H2,11,16). The van der Waals surface area contributed by atoms with Gasteiger partial charge in [0.05, 0.1) is 10.5 Å². The number of thiocarbonyl (C=S) groups is 1. The van der Waals surface area contributed by atoms with Crippen molar-refractivity contribution in [2.45, 2.75) is 51.0 Å². The van der Waals surface area contributed by atoms with E-state index in [1.807, 2.05) is 0 Å². The highest BCUT2D eigenvalue weighted by molar-refractivity contribution is 7.87. The fraction of sp³-hybridized carbons (Fsp3) is 0.900. The van der Waals surface area contributed by atoms with Crippen LogP contribution in [0.1, 0.15) is 45.4 Å². The first kappa shape index (κ1) is 14.8. The van der Waals surface area contributed by atoms with Crippen molar-refractivity contribution >= 4 is 27.4 Å². The normalized spacial score (nSPS) is 20.8. The highest BCUT2D eigenvalue weighted by atomic mass is 32.2. The van der Waals surface area contributed by atoms with Crippen molar-refractivity contribution in [3.05, 3.63) is 0 Å². The Morgan fingerprint density at radius 1 is 1.29 bits per heavy atom. The summed E-state index contributed by atoms with van der Waals surface area (Å²) in [4.78, 5) is 0.251. The van der Waals surface area contributed by atoms with Crippen LogP contribution in [0.3, 0.4) is 0 Å². The van der Waals surface area contributed by atoms with Crippen LogP contribution in [0.5, 0.6) is 0 Å². The highest BCUT2D eigenvalue weighted by Gasteiger charge is 2.37. The van der Waals surface area contributed by atoms with Crippen LogP contribution in [0.15, 0.2) is 0 Å². The second-order valence-electron chi connectivity index (χ2n) is 4.46. The molecule has 1 aliphatic rings. The molecule has 1 rings (SSSR count). The van der Waals surface area contributed by atoms with Gasteiger partial charge in [-0.15, -0.1) is 0 Å². The number of rotatable bonds is 5. The van der Waals surface area contributed by atoms with Crippen LogP contribution in [0.4, 0.5) is 0 Å². The van der Waals surface area contributed by atoms with Gasteiger partial charge in [0.25, 0.3) is 10.2 Å². The zero-order valence-corrected chi connectivity index (χ0v) is 11.8. The summed E-state index contributed by atoms with van der Waals surface area (Å²) in [7, 11) is -3.52. The van der Waals surface area contributed by atoms with Gasteiger partial charge in [-0.3, -0.25) is 0 Å². The lowest BCUT2D eigenvalue weighted by atomic mass is 9.91. The average molecular weight is 279 g/mol. The molecule has 100 valence electrons. The second-order valence-corrected chi connectivity index (χ2v) is 6.40. The smallest absolute Gasteiger partial charge is 0.277 e. The van der Waals surface area contributed by atoms with E-state index in [0.717, 1.165) is 25.7 Å². The molecule has 0 aliphatic heterocycles. The van der Waals surface area contributed by atoms with Crippen LogP contribution < -0.4 is 15.2 Å². The molecule has 0 saturated heterocycles. The first-order valence-electron chi connectivity index (χ1n) is 6.00. The van der Waals surface area contributed by atoms with Gasteiger partial charge in [0.1, 0.15) is 0 Å². The number of hydrogen-bond acceptors (Lipinski definition) is 3. The molecule has 0 bridgehead atoms. The first-order valence-corrected chi connectivity index (χ1v) is 7.89. The van der Waals surface area contributed by atoms with E-state index in [0.29, 0.717) is 19.4 Å². The van der Waals surface area contributed by atoms with Crippen molar-refractivity contribution in [2.75, 3.05) is 6.54 Å². The van der Waals surface area contributed by atoms with E-state index in [9.17, 15) is 8.42 Å². The minimum atomic E-state index is -3.52. The van der Waals surface area contributed by atoms with Crippen LogP contribution in [-0.2, 0) is 10.2 Å². The summed E-state index contributed by atoms with van der Waals surface area (Å²) in [5, 5.41) is 0. The third kappa shape index (κ3) is 4.17. The van der Waals surface area contributed by atoms with E-state index >= 15 is 0 Å². The van der Waals surface area contributed by atoms with E-state index in [-0.39, 0.29) is 4.99 Å². The Morgan fingerprint density at radius 2 is 1.82 bits per heavy atom. The maximum Gasteiger partial charge on any atom is 0.277 e. The molecule has 0 unspecified atom stereocenters. The lowest BCUT2D eigenvalue weighted by Crippen LogP contribution is -2.58. The van der Waals surface area contributed by atoms with Crippen LogP contribution in [0.25, 0.3) is 0 Å². The van der Waals surface area contributed by atoms with Gasteiger partial charge in [-0.1, -0.05) is 44.8 Å². The predicted octanol–water partition coefficient (Wildman–Crippen LogP) is 0.809. The molecule has 5 nitrogen and oxygen atoms in total. The van der Waals surface area contributed by atoms with Crippen molar-refractivity contribution < 1.29 is 8.42 Å². The minimum absolute atomic E-state index is 0.251. The molecule has 0 heterocycles. The van der Waals surface area contributed by atoms with E-state index in [4.69, 9.17) is 18.0 Å². The van der Waals surface area contributed by atoms with Gasteiger partial charge in [-0.05, 0) is 12.8 Å². The predicted molar refractivity (Wildman–Crippen MR) is 73.0 cm³/mol. The van der Waals surface area contributed by atoms with Crippen molar-refractivity contribution in [2.24, 2.45) is 5.73 Å². The van der Waals surface area contributed by atoms with Gasteiger partial charge in [0.2, 0.25) is 0 Å². The molecule has 7 heteroatoms. The Morgan fingerprint density at radius 3 is 2.24 bits per heavy atom. The Balaban J connectivity index is 2.88. The number of hydrogen-bond donors (Lipinski definition) is 3. The van der Waals surface area contributed by atoms with Gasteiger partial charge in [-0.2, -0.15) is 13.1 Å². The first-order chi connectivity index (χ1) is 7.92. The van der Waals surface area contributed by atoms with Gasteiger partial charge >= 0.3 is 0 Å². The zero-order valence-electron chi connectivity index (χ0n) is 10.2. The molecule has 0 aromatic rings. The molecular formula is C10H21N3O2S2. The van der Waals surface area contributed by atoms with Crippen molar-refractivity contribution in [3.8, 4) is 0 Å². The molecule has 0 atom stereocenters. The Bertz CT molecular complexity index is 360. The summed E-state index contributed by atoms with van der Waals surface area (Å²) >= 11 is 5.06. The van der Waals surface area contributed by atoms with E-state index in [2.05, 4.69) is 9.44 Å². The fourth-order valence-corrected chi connectivity index (χ4v) is 3.81. The topological polar surface area (TPSA) is 84.2 Å². The molecule has 1 saturated carbocycles. The van der Waals surface area contributed by atoms with E-state index in [1.165, 1.54) is 0 Å². The molecule has 1 fully saturated rings. The average Bonchev–Trinajstić information content (AvgIpc) is 2.43. The van der Waals surface area contributed by atoms with Crippen LogP contribution >= 0.6 is 12.2 Å².